The van der Waals surface area contributed by atoms with E-state index in [1.165, 1.54) is 27.3 Å². The molecule has 0 saturated carbocycles. The van der Waals surface area contributed by atoms with Gasteiger partial charge in [-0.25, -0.2) is 0 Å². The first-order valence-electron chi connectivity index (χ1n) is 7.71. The Hall–Kier alpha value is -0.760. The van der Waals surface area contributed by atoms with Crippen LogP contribution in [0.2, 0.25) is 0 Å². The maximum Gasteiger partial charge on any atom is 0.0514 e. The first-order chi connectivity index (χ1) is 9.32. The Kier molecular flexibility index (Phi) is 4.63. The molecule has 0 aliphatic carbocycles. The third kappa shape index (κ3) is 2.81. The van der Waals surface area contributed by atoms with Gasteiger partial charge in [-0.2, -0.15) is 0 Å². The van der Waals surface area contributed by atoms with Crippen LogP contribution in [-0.4, -0.2) is 10.2 Å². The van der Waals surface area contributed by atoms with Crippen LogP contribution in [0.1, 0.15) is 64.3 Å². The van der Waals surface area contributed by atoms with E-state index in [1.54, 1.807) is 0 Å². The zero-order valence-electron chi connectivity index (χ0n) is 13.8. The number of fused-ring (bicyclic) bond motifs is 1. The molecule has 0 N–H and O–H groups in total. The third-order valence-electron chi connectivity index (χ3n) is 4.26. The quantitative estimate of drug-likeness (QED) is 0.694. The second-order valence-corrected chi connectivity index (χ2v) is 8.00. The van der Waals surface area contributed by atoms with Crippen molar-refractivity contribution in [3.8, 4) is 0 Å². The van der Waals surface area contributed by atoms with Crippen LogP contribution < -0.4 is 0 Å². The minimum Gasteiger partial charge on any atom is -0.260 e. The van der Waals surface area contributed by atoms with Crippen molar-refractivity contribution in [3.63, 3.8) is 0 Å². The predicted molar refractivity (Wildman–Crippen MR) is 90.4 cm³/mol. The van der Waals surface area contributed by atoms with Crippen molar-refractivity contribution in [2.24, 2.45) is 11.8 Å². The molecule has 0 unspecified atom stereocenters. The molecule has 2 heteroatoms. The lowest BCUT2D eigenvalue weighted by Crippen LogP contribution is -2.06. The molecule has 1 aromatic heterocycles. The molecule has 0 aromatic carbocycles. The van der Waals surface area contributed by atoms with E-state index in [0.717, 1.165) is 0 Å². The first-order valence-corrected chi connectivity index (χ1v) is 8.59. The Labute approximate surface area is 128 Å². The second kappa shape index (κ2) is 5.93. The minimum atomic E-state index is 0.517. The lowest BCUT2D eigenvalue weighted by Gasteiger charge is -2.21. The highest BCUT2D eigenvalue weighted by Crippen LogP contribution is 2.45. The summed E-state index contributed by atoms with van der Waals surface area (Å²) in [6.45, 7) is 16.0. The zero-order valence-corrected chi connectivity index (χ0v) is 14.6. The van der Waals surface area contributed by atoms with Crippen molar-refractivity contribution < 1.29 is 0 Å². The van der Waals surface area contributed by atoms with E-state index in [9.17, 15) is 0 Å². The summed E-state index contributed by atoms with van der Waals surface area (Å²) in [5.41, 5.74) is 5.57. The molecular weight excluding hydrogens is 262 g/mol. The van der Waals surface area contributed by atoms with E-state index >= 15 is 0 Å². The fraction of sp³-hybridized carbons (Fsp3) is 0.611. The fourth-order valence-electron chi connectivity index (χ4n) is 2.76. The van der Waals surface area contributed by atoms with Gasteiger partial charge in [0.15, 0.2) is 0 Å². The Morgan fingerprint density at radius 2 is 1.75 bits per heavy atom. The highest BCUT2D eigenvalue weighted by molar-refractivity contribution is 8.00. The van der Waals surface area contributed by atoms with Gasteiger partial charge in [0.1, 0.15) is 0 Å². The van der Waals surface area contributed by atoms with Crippen molar-refractivity contribution in [3.05, 3.63) is 29.1 Å². The standard InChI is InChI=1S/C18H27NS/c1-10(2)15-8-12(5)14(7)20-18-13(6)19-9-16(11(3)4)17(15)18/h8-12,14H,1-7H3/t12-,14-/m1/s1. The summed E-state index contributed by atoms with van der Waals surface area (Å²) in [6, 6.07) is 0. The smallest absolute Gasteiger partial charge is 0.0514 e. The molecule has 1 aromatic rings. The SMILES string of the molecule is Cc1ncc(C(C)C)c2c1S[C@H](C)[C@H](C)C=C2C(C)C. The van der Waals surface area contributed by atoms with Gasteiger partial charge in [0, 0.05) is 16.3 Å². The van der Waals surface area contributed by atoms with Gasteiger partial charge in [-0.1, -0.05) is 47.6 Å². The monoisotopic (exact) mass is 289 g/mol. The number of nitrogens with zero attached hydrogens (tertiary/aromatic N) is 1. The predicted octanol–water partition coefficient (Wildman–Crippen LogP) is 5.68. The molecule has 0 saturated heterocycles. The molecular formula is C18H27NS. The highest BCUT2D eigenvalue weighted by Gasteiger charge is 2.26. The molecule has 2 heterocycles. The molecule has 0 radical (unpaired) electrons. The molecule has 0 fully saturated rings. The summed E-state index contributed by atoms with van der Waals surface area (Å²) in [5, 5.41) is 0.605. The summed E-state index contributed by atoms with van der Waals surface area (Å²) in [6.07, 6.45) is 4.59. The van der Waals surface area contributed by atoms with Gasteiger partial charge < -0.3 is 0 Å². The number of rotatable bonds is 2. The maximum atomic E-state index is 4.66. The van der Waals surface area contributed by atoms with Crippen molar-refractivity contribution in [2.45, 2.75) is 64.5 Å². The number of pyridine rings is 1. The van der Waals surface area contributed by atoms with Crippen LogP contribution in [0.15, 0.2) is 17.2 Å². The van der Waals surface area contributed by atoms with Crippen LogP contribution in [0.3, 0.4) is 0 Å². The minimum absolute atomic E-state index is 0.517. The number of aromatic nitrogens is 1. The van der Waals surface area contributed by atoms with Gasteiger partial charge in [0.25, 0.3) is 0 Å². The van der Waals surface area contributed by atoms with E-state index < -0.39 is 0 Å². The van der Waals surface area contributed by atoms with E-state index in [4.69, 9.17) is 0 Å². The van der Waals surface area contributed by atoms with E-state index in [-0.39, 0.29) is 0 Å². The molecule has 20 heavy (non-hydrogen) atoms. The van der Waals surface area contributed by atoms with E-state index in [2.05, 4.69) is 65.7 Å². The Morgan fingerprint density at radius 3 is 2.30 bits per heavy atom. The zero-order chi connectivity index (χ0) is 15.0. The summed E-state index contributed by atoms with van der Waals surface area (Å²) in [5.74, 6) is 1.67. The molecule has 1 aliphatic rings. The number of allylic oxidation sites excluding steroid dienone is 2. The van der Waals surface area contributed by atoms with Crippen molar-refractivity contribution >= 4 is 17.3 Å². The normalized spacial score (nSPS) is 22.8. The van der Waals surface area contributed by atoms with Crippen LogP contribution >= 0.6 is 11.8 Å². The topological polar surface area (TPSA) is 12.9 Å². The molecule has 1 aliphatic heterocycles. The van der Waals surface area contributed by atoms with E-state index in [0.29, 0.717) is 23.0 Å². The molecule has 0 amide bonds. The van der Waals surface area contributed by atoms with E-state index in [1.807, 2.05) is 11.8 Å². The van der Waals surface area contributed by atoms with Gasteiger partial charge in [-0.3, -0.25) is 4.98 Å². The van der Waals surface area contributed by atoms with Gasteiger partial charge in [-0.15, -0.1) is 11.8 Å². The molecule has 0 bridgehead atoms. The summed E-state index contributed by atoms with van der Waals surface area (Å²) < 4.78 is 0. The average Bonchev–Trinajstić information content (AvgIpc) is 2.49. The van der Waals surface area contributed by atoms with Crippen LogP contribution in [-0.2, 0) is 0 Å². The summed E-state index contributed by atoms with van der Waals surface area (Å²) in [7, 11) is 0. The largest absolute Gasteiger partial charge is 0.260 e. The molecule has 110 valence electrons. The molecule has 1 nitrogen and oxygen atoms in total. The highest BCUT2D eigenvalue weighted by atomic mass is 32.2. The van der Waals surface area contributed by atoms with Crippen LogP contribution in [0.4, 0.5) is 0 Å². The van der Waals surface area contributed by atoms with Crippen LogP contribution in [0.25, 0.3) is 5.57 Å². The number of hydrogen-bond acceptors (Lipinski definition) is 2. The summed E-state index contributed by atoms with van der Waals surface area (Å²) >= 11 is 2.01. The fourth-order valence-corrected chi connectivity index (χ4v) is 4.00. The number of aryl methyl sites for hydroxylation is 1. The lowest BCUT2D eigenvalue weighted by atomic mass is 9.86. The summed E-state index contributed by atoms with van der Waals surface area (Å²) in [4.78, 5) is 6.07. The van der Waals surface area contributed by atoms with Gasteiger partial charge in [-0.05, 0) is 41.4 Å². The maximum absolute atomic E-state index is 4.66. The second-order valence-electron chi connectivity index (χ2n) is 6.62. The van der Waals surface area contributed by atoms with Gasteiger partial charge >= 0.3 is 0 Å². The molecule has 2 rings (SSSR count). The lowest BCUT2D eigenvalue weighted by molar-refractivity contribution is 0.711. The molecule has 2 atom stereocenters. The van der Waals surface area contributed by atoms with Crippen molar-refractivity contribution in [1.29, 1.82) is 0 Å². The Bertz CT molecular complexity index is 528. The van der Waals surface area contributed by atoms with Gasteiger partial charge in [0.2, 0.25) is 0 Å². The molecule has 0 spiro atoms. The first kappa shape index (κ1) is 15.6. The van der Waals surface area contributed by atoms with Crippen LogP contribution in [0.5, 0.6) is 0 Å². The Balaban J connectivity index is 2.75. The van der Waals surface area contributed by atoms with Crippen LogP contribution in [0, 0.1) is 18.8 Å². The van der Waals surface area contributed by atoms with Gasteiger partial charge in [0.05, 0.1) is 5.69 Å². The third-order valence-corrected chi connectivity index (χ3v) is 5.80. The van der Waals surface area contributed by atoms with Crippen molar-refractivity contribution in [2.75, 3.05) is 0 Å². The number of hydrogen-bond donors (Lipinski definition) is 0. The number of thioether (sulfide) groups is 1. The Morgan fingerprint density at radius 1 is 1.10 bits per heavy atom. The average molecular weight is 289 g/mol. The van der Waals surface area contributed by atoms with Crippen molar-refractivity contribution in [1.82, 2.24) is 4.98 Å².